The molecule has 1 aromatic carbocycles. The molecule has 9 heteroatoms. The second-order valence-electron chi connectivity index (χ2n) is 7.69. The number of ketones is 1. The van der Waals surface area contributed by atoms with Gasteiger partial charge in [0.25, 0.3) is 0 Å². The molecule has 30 heavy (non-hydrogen) atoms. The van der Waals surface area contributed by atoms with Gasteiger partial charge in [0.15, 0.2) is 5.78 Å². The van der Waals surface area contributed by atoms with Gasteiger partial charge in [-0.25, -0.2) is 0 Å². The fraction of sp³-hybridized carbons (Fsp3) is 0.524. The topological polar surface area (TPSA) is 65.4 Å². The number of hydrogen-bond acceptors (Lipinski definition) is 6. The van der Waals surface area contributed by atoms with Crippen molar-refractivity contribution in [2.24, 2.45) is 4.99 Å². The van der Waals surface area contributed by atoms with Crippen molar-refractivity contribution in [2.75, 3.05) is 46.3 Å². The molecule has 1 aliphatic carbocycles. The lowest BCUT2D eigenvalue weighted by molar-refractivity contribution is -0.274. The van der Waals surface area contributed by atoms with E-state index < -0.39 is 6.36 Å². The molecule has 1 saturated heterocycles. The number of benzene rings is 1. The summed E-state index contributed by atoms with van der Waals surface area (Å²) in [6, 6.07) is 5.40. The van der Waals surface area contributed by atoms with E-state index in [0.717, 1.165) is 32.7 Å². The molecule has 0 amide bonds. The molecular formula is C21H26F3N3O3. The van der Waals surface area contributed by atoms with Crippen molar-refractivity contribution in [3.63, 3.8) is 0 Å². The number of aliphatic imine (C=N–C) groups is 1. The Bertz CT molecular complexity index is 798. The number of likely N-dealkylation sites (N-methyl/N-ethyl adjacent to an activating group) is 1. The molecule has 164 valence electrons. The van der Waals surface area contributed by atoms with Crippen LogP contribution in [0.2, 0.25) is 0 Å². The number of hydrogen-bond donors (Lipinski definition) is 1. The average Bonchev–Trinajstić information content (AvgIpc) is 2.67. The van der Waals surface area contributed by atoms with Gasteiger partial charge in [0.05, 0.1) is 12.1 Å². The molecule has 2 aliphatic rings. The summed E-state index contributed by atoms with van der Waals surface area (Å²) in [6.07, 6.45) is -2.89. The Labute approximate surface area is 173 Å². The summed E-state index contributed by atoms with van der Waals surface area (Å²) >= 11 is 0. The molecule has 1 unspecified atom stereocenters. The van der Waals surface area contributed by atoms with Crippen LogP contribution >= 0.6 is 0 Å². The second-order valence-corrected chi connectivity index (χ2v) is 7.69. The lowest BCUT2D eigenvalue weighted by atomic mass is 9.83. The summed E-state index contributed by atoms with van der Waals surface area (Å²) in [5.41, 5.74) is 0.900. The third-order valence-corrected chi connectivity index (χ3v) is 5.43. The van der Waals surface area contributed by atoms with E-state index in [4.69, 9.17) is 0 Å². The van der Waals surface area contributed by atoms with Gasteiger partial charge >= 0.3 is 6.36 Å². The van der Waals surface area contributed by atoms with Gasteiger partial charge < -0.3 is 14.7 Å². The third-order valence-electron chi connectivity index (χ3n) is 5.43. The van der Waals surface area contributed by atoms with Crippen molar-refractivity contribution in [1.29, 1.82) is 0 Å². The van der Waals surface area contributed by atoms with E-state index in [0.29, 0.717) is 12.1 Å². The number of aliphatic hydroxyl groups is 1. The van der Waals surface area contributed by atoms with E-state index in [9.17, 15) is 23.1 Å². The fourth-order valence-electron chi connectivity index (χ4n) is 3.66. The van der Waals surface area contributed by atoms with Gasteiger partial charge in [-0.2, -0.15) is 0 Å². The largest absolute Gasteiger partial charge is 0.573 e. The van der Waals surface area contributed by atoms with Crippen molar-refractivity contribution >= 4 is 12.0 Å². The molecule has 0 bridgehead atoms. The highest BCUT2D eigenvalue weighted by atomic mass is 19.4. The van der Waals surface area contributed by atoms with Crippen molar-refractivity contribution < 1.29 is 27.8 Å². The Hall–Kier alpha value is -2.39. The Morgan fingerprint density at radius 2 is 1.83 bits per heavy atom. The summed E-state index contributed by atoms with van der Waals surface area (Å²) < 4.78 is 40.7. The number of alkyl halides is 3. The van der Waals surface area contributed by atoms with Crippen LogP contribution in [-0.2, 0) is 4.79 Å². The first kappa shape index (κ1) is 22.3. The molecule has 0 spiro atoms. The predicted octanol–water partition coefficient (Wildman–Crippen LogP) is 3.16. The van der Waals surface area contributed by atoms with Crippen LogP contribution in [0.25, 0.3) is 0 Å². The SMILES string of the molecule is CN1CCN(CCN=CC2=C(O)CC(c3ccc(OC(F)(F)F)cc3)CC2=O)CC1. The number of halogens is 3. The zero-order chi connectivity index (χ0) is 21.7. The van der Waals surface area contributed by atoms with Crippen molar-refractivity contribution in [2.45, 2.75) is 25.1 Å². The minimum Gasteiger partial charge on any atom is -0.511 e. The normalized spacial score (nSPS) is 22.1. The number of carbonyl (C=O) groups is 1. The number of ether oxygens (including phenoxy) is 1. The molecule has 0 saturated carbocycles. The van der Waals surface area contributed by atoms with Crippen molar-refractivity contribution in [3.05, 3.63) is 41.2 Å². The van der Waals surface area contributed by atoms with E-state index in [1.54, 1.807) is 0 Å². The highest BCUT2D eigenvalue weighted by molar-refractivity contribution is 6.14. The number of allylic oxidation sites excluding steroid dienone is 2. The van der Waals surface area contributed by atoms with Crippen LogP contribution in [-0.4, -0.2) is 79.6 Å². The van der Waals surface area contributed by atoms with Crippen LogP contribution in [0.15, 0.2) is 40.6 Å². The summed E-state index contributed by atoms with van der Waals surface area (Å²) in [5.74, 6) is -0.862. The lowest BCUT2D eigenvalue weighted by Crippen LogP contribution is -2.45. The summed E-state index contributed by atoms with van der Waals surface area (Å²) in [7, 11) is 2.09. The fourth-order valence-corrected chi connectivity index (χ4v) is 3.66. The smallest absolute Gasteiger partial charge is 0.511 e. The minimum atomic E-state index is -4.75. The predicted molar refractivity (Wildman–Crippen MR) is 107 cm³/mol. The Morgan fingerprint density at radius 1 is 1.17 bits per heavy atom. The van der Waals surface area contributed by atoms with E-state index in [1.165, 1.54) is 30.5 Å². The number of carbonyl (C=O) groups excluding carboxylic acids is 1. The maximum absolute atomic E-state index is 12.5. The number of aliphatic hydroxyl groups excluding tert-OH is 1. The van der Waals surface area contributed by atoms with E-state index in [-0.39, 0.29) is 41.6 Å². The number of nitrogens with zero attached hydrogens (tertiary/aromatic N) is 3. The molecule has 1 fully saturated rings. The van der Waals surface area contributed by atoms with Crippen LogP contribution in [0.3, 0.4) is 0 Å². The first-order valence-corrected chi connectivity index (χ1v) is 9.93. The standard InChI is InChI=1S/C21H26F3N3O3/c1-26-8-10-27(11-9-26)7-6-25-14-18-19(28)12-16(13-20(18)29)15-2-4-17(5-3-15)30-21(22,23)24/h2-5,14,16,28H,6-13H2,1H3. The van der Waals surface area contributed by atoms with Gasteiger partial charge in [0.1, 0.15) is 11.5 Å². The van der Waals surface area contributed by atoms with Crippen LogP contribution in [0.4, 0.5) is 13.2 Å². The Balaban J connectivity index is 1.55. The first-order chi connectivity index (χ1) is 14.2. The van der Waals surface area contributed by atoms with Gasteiger partial charge in [0, 0.05) is 51.8 Å². The van der Waals surface area contributed by atoms with Gasteiger partial charge in [0.2, 0.25) is 0 Å². The molecule has 6 nitrogen and oxygen atoms in total. The van der Waals surface area contributed by atoms with Crippen molar-refractivity contribution in [1.82, 2.24) is 9.80 Å². The third kappa shape index (κ3) is 6.30. The average molecular weight is 425 g/mol. The molecule has 1 heterocycles. The Morgan fingerprint density at radius 3 is 2.43 bits per heavy atom. The number of Topliss-reactive ketones (excluding diaryl/α,β-unsaturated/α-hetero) is 1. The zero-order valence-corrected chi connectivity index (χ0v) is 16.9. The quantitative estimate of drug-likeness (QED) is 0.710. The van der Waals surface area contributed by atoms with Crippen LogP contribution < -0.4 is 4.74 Å². The highest BCUT2D eigenvalue weighted by Gasteiger charge is 2.31. The second kappa shape index (κ2) is 9.61. The molecule has 1 atom stereocenters. The van der Waals surface area contributed by atoms with Crippen LogP contribution in [0.1, 0.15) is 24.3 Å². The molecule has 1 N–H and O–H groups in total. The lowest BCUT2D eigenvalue weighted by Gasteiger charge is -2.31. The monoisotopic (exact) mass is 425 g/mol. The van der Waals surface area contributed by atoms with Crippen LogP contribution in [0, 0.1) is 0 Å². The number of rotatable bonds is 6. The molecule has 1 aliphatic heterocycles. The summed E-state index contributed by atoms with van der Waals surface area (Å²) in [5, 5.41) is 10.3. The highest BCUT2D eigenvalue weighted by Crippen LogP contribution is 2.34. The van der Waals surface area contributed by atoms with Gasteiger partial charge in [-0.1, -0.05) is 12.1 Å². The Kier molecular flexibility index (Phi) is 7.14. The maximum atomic E-state index is 12.5. The molecular weight excluding hydrogens is 399 g/mol. The van der Waals surface area contributed by atoms with Gasteiger partial charge in [-0.3, -0.25) is 14.7 Å². The molecule has 0 aromatic heterocycles. The maximum Gasteiger partial charge on any atom is 0.573 e. The molecule has 0 radical (unpaired) electrons. The summed E-state index contributed by atoms with van der Waals surface area (Å²) in [6.45, 7) is 5.40. The van der Waals surface area contributed by atoms with Gasteiger partial charge in [-0.05, 0) is 30.7 Å². The minimum absolute atomic E-state index is 0.0322. The van der Waals surface area contributed by atoms with Gasteiger partial charge in [-0.15, -0.1) is 13.2 Å². The first-order valence-electron chi connectivity index (χ1n) is 9.93. The van der Waals surface area contributed by atoms with E-state index in [1.807, 2.05) is 0 Å². The summed E-state index contributed by atoms with van der Waals surface area (Å²) in [4.78, 5) is 21.4. The molecule has 3 rings (SSSR count). The molecule has 1 aromatic rings. The van der Waals surface area contributed by atoms with Crippen molar-refractivity contribution in [3.8, 4) is 5.75 Å². The van der Waals surface area contributed by atoms with Crippen LogP contribution in [0.5, 0.6) is 5.75 Å². The zero-order valence-electron chi connectivity index (χ0n) is 16.9. The number of piperazine rings is 1. The van der Waals surface area contributed by atoms with E-state index >= 15 is 0 Å². The van der Waals surface area contributed by atoms with E-state index in [2.05, 4.69) is 26.6 Å².